The summed E-state index contributed by atoms with van der Waals surface area (Å²) in [5.74, 6) is -5.23. The minimum Gasteiger partial charge on any atom is -0.476 e. The molecule has 0 spiro atoms. The zero-order chi connectivity index (χ0) is 20.2. The summed E-state index contributed by atoms with van der Waals surface area (Å²) in [4.78, 5) is 24.0. The van der Waals surface area contributed by atoms with Gasteiger partial charge in [-0.05, 0) is 5.56 Å². The van der Waals surface area contributed by atoms with Crippen molar-refractivity contribution < 1.29 is 44.6 Å². The van der Waals surface area contributed by atoms with E-state index < -0.39 is 61.2 Å². The van der Waals surface area contributed by atoms with E-state index in [1.54, 1.807) is 30.3 Å². The number of carboxylic acid groups (broad SMARTS) is 1. The summed E-state index contributed by atoms with van der Waals surface area (Å²) >= 11 is 0. The number of carboxylic acids is 1. The lowest BCUT2D eigenvalue weighted by Gasteiger charge is -2.44. The molecule has 2 rings (SSSR count). The molecule has 6 atom stereocenters. The monoisotopic (exact) mass is 385 g/mol. The molecule has 0 bridgehead atoms. The van der Waals surface area contributed by atoms with Gasteiger partial charge in [0.25, 0.3) is 0 Å². The zero-order valence-electron chi connectivity index (χ0n) is 14.3. The van der Waals surface area contributed by atoms with Gasteiger partial charge in [0.05, 0.1) is 31.6 Å². The fraction of sp³-hybridized carbons (Fsp3) is 0.529. The predicted molar refractivity (Wildman–Crippen MR) is 89.2 cm³/mol. The van der Waals surface area contributed by atoms with Gasteiger partial charge in [-0.3, -0.25) is 4.79 Å². The van der Waals surface area contributed by atoms with Crippen LogP contribution in [0.1, 0.15) is 12.0 Å². The highest BCUT2D eigenvalue weighted by Crippen LogP contribution is 2.33. The first-order chi connectivity index (χ1) is 12.7. The molecule has 0 saturated carbocycles. The Bertz CT molecular complexity index is 655. The van der Waals surface area contributed by atoms with E-state index >= 15 is 0 Å². The third kappa shape index (κ3) is 4.80. The Balaban J connectivity index is 2.22. The van der Waals surface area contributed by atoms with Crippen molar-refractivity contribution in [3.05, 3.63) is 35.9 Å². The minimum atomic E-state index is -2.60. The Morgan fingerprint density at radius 1 is 1.30 bits per heavy atom. The quantitative estimate of drug-likeness (QED) is 0.281. The largest absolute Gasteiger partial charge is 0.476 e. The number of esters is 1. The third-order valence-corrected chi connectivity index (χ3v) is 4.34. The average molecular weight is 385 g/mol. The van der Waals surface area contributed by atoms with E-state index in [2.05, 4.69) is 0 Å². The Hall–Kier alpha value is -2.08. The van der Waals surface area contributed by atoms with E-state index in [9.17, 15) is 30.0 Å². The Labute approximate surface area is 154 Å². The molecule has 1 saturated heterocycles. The van der Waals surface area contributed by atoms with Crippen LogP contribution in [-0.2, 0) is 25.5 Å². The summed E-state index contributed by atoms with van der Waals surface area (Å²) in [7, 11) is 0. The smallest absolute Gasteiger partial charge is 0.377 e. The number of aliphatic carboxylic acids is 1. The molecule has 0 unspecified atom stereocenters. The van der Waals surface area contributed by atoms with Crippen LogP contribution < -0.4 is 5.73 Å². The Kier molecular flexibility index (Phi) is 6.87. The number of rotatable bonds is 7. The first-order valence-corrected chi connectivity index (χ1v) is 8.28. The van der Waals surface area contributed by atoms with Crippen LogP contribution in [-0.4, -0.2) is 80.3 Å². The van der Waals surface area contributed by atoms with E-state index in [4.69, 9.17) is 20.3 Å². The molecule has 27 heavy (non-hydrogen) atoms. The Morgan fingerprint density at radius 2 is 1.93 bits per heavy atom. The molecular weight excluding hydrogens is 362 g/mol. The average Bonchev–Trinajstić information content (AvgIpc) is 2.63. The normalized spacial score (nSPS) is 30.3. The van der Waals surface area contributed by atoms with Crippen molar-refractivity contribution in [3.8, 4) is 0 Å². The molecule has 10 nitrogen and oxygen atoms in total. The van der Waals surface area contributed by atoms with Gasteiger partial charge in [0.2, 0.25) is 0 Å². The number of carbonyl (C=O) groups is 2. The second-order valence-electron chi connectivity index (χ2n) is 6.37. The summed E-state index contributed by atoms with van der Waals surface area (Å²) in [6.45, 7) is -0.849. The lowest BCUT2D eigenvalue weighted by atomic mass is 9.89. The van der Waals surface area contributed by atoms with E-state index in [0.29, 0.717) is 5.56 Å². The molecule has 1 aromatic rings. The predicted octanol–water partition coefficient (Wildman–Crippen LogP) is -2.26. The molecule has 0 radical (unpaired) electrons. The SMILES string of the molecule is N[C@H]1[C@H]([C@H](O)[C@H](O)CO)O[C@](OC(=O)Cc2ccccc2)(C(=O)O)C[C@@H]1O. The molecule has 0 aromatic heterocycles. The van der Waals surface area contributed by atoms with Crippen LogP contribution in [0.2, 0.25) is 0 Å². The van der Waals surface area contributed by atoms with Crippen molar-refractivity contribution in [2.24, 2.45) is 5.73 Å². The topological polar surface area (TPSA) is 180 Å². The van der Waals surface area contributed by atoms with Crippen molar-refractivity contribution in [1.82, 2.24) is 0 Å². The summed E-state index contributed by atoms with van der Waals surface area (Å²) in [6.07, 6.45) is -7.53. The molecule has 1 aromatic carbocycles. The van der Waals surface area contributed by atoms with Crippen molar-refractivity contribution in [3.63, 3.8) is 0 Å². The molecule has 1 aliphatic heterocycles. The van der Waals surface area contributed by atoms with Gasteiger partial charge in [-0.2, -0.15) is 0 Å². The van der Waals surface area contributed by atoms with Gasteiger partial charge in [-0.1, -0.05) is 30.3 Å². The van der Waals surface area contributed by atoms with Gasteiger partial charge in [0.15, 0.2) is 0 Å². The first-order valence-electron chi connectivity index (χ1n) is 8.28. The number of hydrogen-bond donors (Lipinski definition) is 6. The summed E-state index contributed by atoms with van der Waals surface area (Å²) in [5.41, 5.74) is 6.30. The van der Waals surface area contributed by atoms with Crippen LogP contribution in [0.5, 0.6) is 0 Å². The van der Waals surface area contributed by atoms with Crippen molar-refractivity contribution in [1.29, 1.82) is 0 Å². The molecule has 150 valence electrons. The maximum absolute atomic E-state index is 12.2. The highest BCUT2D eigenvalue weighted by Gasteiger charge is 2.56. The number of benzene rings is 1. The fourth-order valence-electron chi connectivity index (χ4n) is 2.83. The van der Waals surface area contributed by atoms with Crippen LogP contribution >= 0.6 is 0 Å². The standard InChI is InChI=1S/C17H23NO9/c18-13-10(20)7-17(16(24)25,27-15(13)14(23)11(21)8-19)26-12(22)6-9-4-2-1-3-5-9/h1-5,10-11,13-15,19-21,23H,6-8,18H2,(H,24,25)/t10-,11+,13+,14+,15+,17-/m0/s1. The first kappa shape index (κ1) is 21.2. The summed E-state index contributed by atoms with van der Waals surface area (Å²) in [6, 6.07) is 7.14. The summed E-state index contributed by atoms with van der Waals surface area (Å²) < 4.78 is 10.3. The van der Waals surface area contributed by atoms with Gasteiger partial charge < -0.3 is 40.7 Å². The van der Waals surface area contributed by atoms with E-state index in [0.717, 1.165) is 0 Å². The van der Waals surface area contributed by atoms with Gasteiger partial charge in [0, 0.05) is 0 Å². The molecule has 1 heterocycles. The number of aliphatic hydroxyl groups is 4. The van der Waals surface area contributed by atoms with Gasteiger partial charge in [-0.15, -0.1) is 0 Å². The van der Waals surface area contributed by atoms with E-state index in [1.807, 2.05) is 0 Å². The molecule has 7 N–H and O–H groups in total. The lowest BCUT2D eigenvalue weighted by molar-refractivity contribution is -0.299. The second-order valence-corrected chi connectivity index (χ2v) is 6.37. The van der Waals surface area contributed by atoms with Crippen LogP contribution in [0.25, 0.3) is 0 Å². The molecule has 0 amide bonds. The number of aliphatic hydroxyl groups excluding tert-OH is 4. The fourth-order valence-corrected chi connectivity index (χ4v) is 2.83. The van der Waals surface area contributed by atoms with Crippen LogP contribution in [0.4, 0.5) is 0 Å². The molecule has 1 aliphatic rings. The van der Waals surface area contributed by atoms with Crippen molar-refractivity contribution in [2.75, 3.05) is 6.61 Å². The second kappa shape index (κ2) is 8.74. The third-order valence-electron chi connectivity index (χ3n) is 4.34. The highest BCUT2D eigenvalue weighted by molar-refractivity contribution is 5.81. The van der Waals surface area contributed by atoms with Crippen LogP contribution in [0, 0.1) is 0 Å². The zero-order valence-corrected chi connectivity index (χ0v) is 14.3. The number of carbonyl (C=O) groups excluding carboxylic acids is 1. The minimum absolute atomic E-state index is 0.242. The Morgan fingerprint density at radius 3 is 2.48 bits per heavy atom. The molecule has 10 heteroatoms. The van der Waals surface area contributed by atoms with E-state index in [1.165, 1.54) is 0 Å². The number of ether oxygens (including phenoxy) is 2. The maximum atomic E-state index is 12.2. The van der Waals surface area contributed by atoms with Crippen molar-refractivity contribution in [2.45, 2.75) is 49.1 Å². The van der Waals surface area contributed by atoms with Gasteiger partial charge >= 0.3 is 17.7 Å². The number of hydrogen-bond acceptors (Lipinski definition) is 9. The summed E-state index contributed by atoms with van der Waals surface area (Å²) in [5, 5.41) is 48.3. The van der Waals surface area contributed by atoms with Crippen LogP contribution in [0.15, 0.2) is 30.3 Å². The van der Waals surface area contributed by atoms with Gasteiger partial charge in [0.1, 0.15) is 18.3 Å². The van der Waals surface area contributed by atoms with E-state index in [-0.39, 0.29) is 6.42 Å². The van der Waals surface area contributed by atoms with Crippen LogP contribution in [0.3, 0.4) is 0 Å². The maximum Gasteiger partial charge on any atom is 0.377 e. The number of nitrogens with two attached hydrogens (primary N) is 1. The molecule has 0 aliphatic carbocycles. The molecule has 1 fully saturated rings. The molecular formula is C17H23NO9. The van der Waals surface area contributed by atoms with Crippen molar-refractivity contribution >= 4 is 11.9 Å². The van der Waals surface area contributed by atoms with Gasteiger partial charge in [-0.25, -0.2) is 4.79 Å². The highest BCUT2D eigenvalue weighted by atomic mass is 16.7. The lowest BCUT2D eigenvalue weighted by Crippen LogP contribution is -2.66.